The fraction of sp³-hybridized carbons (Fsp3) is 0.500. The Bertz CT molecular complexity index is 307. The van der Waals surface area contributed by atoms with Crippen molar-refractivity contribution < 1.29 is 9.53 Å². The third-order valence-corrected chi connectivity index (χ3v) is 1.47. The van der Waals surface area contributed by atoms with Gasteiger partial charge in [-0.15, -0.1) is 0 Å². The molecule has 0 spiro atoms. The summed E-state index contributed by atoms with van der Waals surface area (Å²) < 4.78 is 7.00. The van der Waals surface area contributed by atoms with Crippen LogP contribution in [0.15, 0.2) is 18.5 Å². The monoisotopic (exact) mass is 181 g/mol. The maximum atomic E-state index is 11.4. The fourth-order valence-electron chi connectivity index (χ4n) is 0.961. The van der Waals surface area contributed by atoms with Crippen molar-refractivity contribution in [3.63, 3.8) is 0 Å². The van der Waals surface area contributed by atoms with Crippen molar-refractivity contribution in [2.24, 2.45) is 7.05 Å². The second-order valence-corrected chi connectivity index (χ2v) is 4.07. The van der Waals surface area contributed by atoms with Gasteiger partial charge in [-0.1, -0.05) is 0 Å². The summed E-state index contributed by atoms with van der Waals surface area (Å²) in [6, 6.07) is 1.74. The Kier molecular flexibility index (Phi) is 2.45. The number of rotatable bonds is 1. The van der Waals surface area contributed by atoms with Gasteiger partial charge in [-0.25, -0.2) is 4.79 Å². The second-order valence-electron chi connectivity index (χ2n) is 4.07. The molecule has 0 aromatic carbocycles. The van der Waals surface area contributed by atoms with Crippen molar-refractivity contribution in [3.8, 4) is 0 Å². The van der Waals surface area contributed by atoms with E-state index in [1.54, 1.807) is 12.3 Å². The van der Waals surface area contributed by atoms with Gasteiger partial charge in [-0.05, 0) is 26.8 Å². The van der Waals surface area contributed by atoms with Gasteiger partial charge in [0.05, 0.1) is 5.56 Å². The highest BCUT2D eigenvalue weighted by Gasteiger charge is 2.17. The molecule has 0 aliphatic heterocycles. The third-order valence-electron chi connectivity index (χ3n) is 1.47. The van der Waals surface area contributed by atoms with Gasteiger partial charge >= 0.3 is 5.97 Å². The smallest absolute Gasteiger partial charge is 0.340 e. The van der Waals surface area contributed by atoms with Crippen molar-refractivity contribution in [1.29, 1.82) is 0 Å². The molecule has 3 heteroatoms. The van der Waals surface area contributed by atoms with E-state index in [1.165, 1.54) is 0 Å². The predicted molar refractivity (Wildman–Crippen MR) is 50.6 cm³/mol. The highest BCUT2D eigenvalue weighted by molar-refractivity contribution is 5.89. The summed E-state index contributed by atoms with van der Waals surface area (Å²) in [4.78, 5) is 11.4. The van der Waals surface area contributed by atoms with Crippen molar-refractivity contribution in [2.75, 3.05) is 0 Å². The quantitative estimate of drug-likeness (QED) is 0.620. The summed E-state index contributed by atoms with van der Waals surface area (Å²) in [5.74, 6) is -0.270. The molecule has 13 heavy (non-hydrogen) atoms. The Morgan fingerprint density at radius 3 is 2.46 bits per heavy atom. The number of esters is 1. The topological polar surface area (TPSA) is 31.2 Å². The molecule has 0 aliphatic carbocycles. The standard InChI is InChI=1S/C10H15NO2/c1-10(2,3)13-9(12)8-5-6-11(4)7-8/h5-7H,1-4H3. The van der Waals surface area contributed by atoms with Crippen LogP contribution >= 0.6 is 0 Å². The van der Waals surface area contributed by atoms with E-state index in [4.69, 9.17) is 4.74 Å². The molecule has 0 fully saturated rings. The lowest BCUT2D eigenvalue weighted by molar-refractivity contribution is 0.00696. The number of hydrogen-bond donors (Lipinski definition) is 0. The first-order valence-electron chi connectivity index (χ1n) is 4.24. The van der Waals surface area contributed by atoms with Crippen LogP contribution < -0.4 is 0 Å². The maximum Gasteiger partial charge on any atom is 0.340 e. The van der Waals surface area contributed by atoms with Gasteiger partial charge < -0.3 is 9.30 Å². The van der Waals surface area contributed by atoms with Crippen molar-refractivity contribution in [1.82, 2.24) is 4.57 Å². The average Bonchev–Trinajstić information content (AvgIpc) is 2.31. The minimum atomic E-state index is -0.424. The molecule has 1 heterocycles. The van der Waals surface area contributed by atoms with Gasteiger partial charge in [0, 0.05) is 19.4 Å². The molecule has 0 radical (unpaired) electrons. The zero-order chi connectivity index (χ0) is 10.1. The Hall–Kier alpha value is -1.25. The van der Waals surface area contributed by atoms with Crippen LogP contribution in [0, 0.1) is 0 Å². The van der Waals surface area contributed by atoms with E-state index < -0.39 is 5.60 Å². The summed E-state index contributed by atoms with van der Waals surface area (Å²) in [6.07, 6.45) is 3.56. The minimum Gasteiger partial charge on any atom is -0.456 e. The van der Waals surface area contributed by atoms with Crippen LogP contribution in [0.4, 0.5) is 0 Å². The van der Waals surface area contributed by atoms with Crippen LogP contribution in [-0.2, 0) is 11.8 Å². The number of ether oxygens (including phenoxy) is 1. The van der Waals surface area contributed by atoms with Crippen molar-refractivity contribution >= 4 is 5.97 Å². The lowest BCUT2D eigenvalue weighted by atomic mass is 10.2. The highest BCUT2D eigenvalue weighted by atomic mass is 16.6. The minimum absolute atomic E-state index is 0.270. The number of aromatic nitrogens is 1. The normalized spacial score (nSPS) is 11.4. The molecular weight excluding hydrogens is 166 g/mol. The largest absolute Gasteiger partial charge is 0.456 e. The van der Waals surface area contributed by atoms with E-state index >= 15 is 0 Å². The van der Waals surface area contributed by atoms with Gasteiger partial charge in [0.2, 0.25) is 0 Å². The molecule has 1 aromatic rings. The molecule has 0 atom stereocenters. The first kappa shape index (κ1) is 9.84. The van der Waals surface area contributed by atoms with Crippen LogP contribution in [0.25, 0.3) is 0 Å². The number of aryl methyl sites for hydroxylation is 1. The maximum absolute atomic E-state index is 11.4. The van der Waals surface area contributed by atoms with Gasteiger partial charge in [-0.2, -0.15) is 0 Å². The first-order valence-corrected chi connectivity index (χ1v) is 4.24. The van der Waals surface area contributed by atoms with Crippen molar-refractivity contribution in [3.05, 3.63) is 24.0 Å². The highest BCUT2D eigenvalue weighted by Crippen LogP contribution is 2.11. The van der Waals surface area contributed by atoms with Gasteiger partial charge in [0.15, 0.2) is 0 Å². The van der Waals surface area contributed by atoms with Crippen LogP contribution in [0.1, 0.15) is 31.1 Å². The molecule has 1 rings (SSSR count). The lowest BCUT2D eigenvalue weighted by Gasteiger charge is -2.18. The molecule has 0 aliphatic rings. The third kappa shape index (κ3) is 2.93. The van der Waals surface area contributed by atoms with E-state index in [-0.39, 0.29) is 5.97 Å². The predicted octanol–water partition coefficient (Wildman–Crippen LogP) is 1.98. The number of hydrogen-bond acceptors (Lipinski definition) is 2. The Labute approximate surface area is 78.3 Å². The Morgan fingerprint density at radius 1 is 1.46 bits per heavy atom. The number of carbonyl (C=O) groups excluding carboxylic acids is 1. The average molecular weight is 181 g/mol. The van der Waals surface area contributed by atoms with Crippen LogP contribution in [0.5, 0.6) is 0 Å². The molecule has 0 bridgehead atoms. The summed E-state index contributed by atoms with van der Waals surface area (Å²) in [7, 11) is 1.87. The van der Waals surface area contributed by atoms with Crippen molar-refractivity contribution in [2.45, 2.75) is 26.4 Å². The first-order chi connectivity index (χ1) is 5.88. The van der Waals surface area contributed by atoms with Gasteiger partial charge in [0.1, 0.15) is 5.60 Å². The SMILES string of the molecule is Cn1ccc(C(=O)OC(C)(C)C)c1. The van der Waals surface area contributed by atoms with Gasteiger partial charge in [-0.3, -0.25) is 0 Å². The van der Waals surface area contributed by atoms with Gasteiger partial charge in [0.25, 0.3) is 0 Å². The molecule has 0 unspecified atom stereocenters. The van der Waals surface area contributed by atoms with E-state index in [2.05, 4.69) is 0 Å². The Balaban J connectivity index is 2.70. The zero-order valence-corrected chi connectivity index (χ0v) is 8.50. The van der Waals surface area contributed by atoms with Crippen LogP contribution in [0.2, 0.25) is 0 Å². The van der Waals surface area contributed by atoms with E-state index in [9.17, 15) is 4.79 Å². The molecule has 72 valence electrons. The summed E-state index contributed by atoms with van der Waals surface area (Å²) in [6.45, 7) is 5.56. The number of nitrogens with zero attached hydrogens (tertiary/aromatic N) is 1. The fourth-order valence-corrected chi connectivity index (χ4v) is 0.961. The molecule has 0 saturated carbocycles. The van der Waals surface area contributed by atoms with Crippen LogP contribution in [0.3, 0.4) is 0 Å². The summed E-state index contributed by atoms with van der Waals surface area (Å²) in [5, 5.41) is 0. The van der Waals surface area contributed by atoms with E-state index in [0.717, 1.165) is 0 Å². The van der Waals surface area contributed by atoms with Crippen LogP contribution in [-0.4, -0.2) is 16.1 Å². The molecule has 3 nitrogen and oxygen atoms in total. The summed E-state index contributed by atoms with van der Waals surface area (Å²) >= 11 is 0. The van der Waals surface area contributed by atoms with E-state index in [0.29, 0.717) is 5.56 Å². The molecule has 0 saturated heterocycles. The molecule has 0 amide bonds. The zero-order valence-electron chi connectivity index (χ0n) is 8.50. The molecule has 0 N–H and O–H groups in total. The number of carbonyl (C=O) groups is 1. The lowest BCUT2D eigenvalue weighted by Crippen LogP contribution is -2.23. The molecular formula is C10H15NO2. The summed E-state index contributed by atoms with van der Waals surface area (Å²) in [5.41, 5.74) is 0.171. The Morgan fingerprint density at radius 2 is 2.08 bits per heavy atom. The second kappa shape index (κ2) is 3.24. The molecule has 1 aromatic heterocycles. The van der Waals surface area contributed by atoms with E-state index in [1.807, 2.05) is 38.6 Å².